The molecule has 0 aromatic carbocycles. The van der Waals surface area contributed by atoms with Crippen molar-refractivity contribution in [3.63, 3.8) is 0 Å². The topological polar surface area (TPSA) is 114 Å². The van der Waals surface area contributed by atoms with E-state index in [1.165, 1.54) is 6.42 Å². The van der Waals surface area contributed by atoms with Crippen molar-refractivity contribution in [2.45, 2.75) is 50.6 Å². The zero-order valence-electron chi connectivity index (χ0n) is 15.2. The molecule has 0 radical (unpaired) electrons. The number of fused-ring (bicyclic) bond motifs is 1. The molecule has 1 saturated carbocycles. The molecule has 1 aliphatic heterocycles. The molecule has 2 aromatic rings. The van der Waals surface area contributed by atoms with Gasteiger partial charge in [0, 0.05) is 24.7 Å². The molecule has 2 aliphatic rings. The van der Waals surface area contributed by atoms with Gasteiger partial charge >= 0.3 is 0 Å². The van der Waals surface area contributed by atoms with Crippen LogP contribution in [0.5, 0.6) is 0 Å². The number of aromatic nitrogens is 4. The number of nitrogens with one attached hydrogen (secondary N) is 3. The van der Waals surface area contributed by atoms with E-state index in [0.717, 1.165) is 30.9 Å². The summed E-state index contributed by atoms with van der Waals surface area (Å²) in [6, 6.07) is 6.34. The summed E-state index contributed by atoms with van der Waals surface area (Å²) in [5.74, 6) is 2.54. The van der Waals surface area contributed by atoms with Crippen molar-refractivity contribution in [2.75, 3.05) is 17.6 Å². The Bertz CT molecular complexity index is 763. The van der Waals surface area contributed by atoms with Gasteiger partial charge in [-0.3, -0.25) is 15.8 Å². The number of rotatable bonds is 4. The normalized spacial score (nSPS) is 25.7. The van der Waals surface area contributed by atoms with Crippen LogP contribution in [-0.2, 0) is 5.54 Å². The van der Waals surface area contributed by atoms with Crippen LogP contribution in [0.1, 0.15) is 50.5 Å². The highest BCUT2D eigenvalue weighted by atomic mass is 15.4. The summed E-state index contributed by atoms with van der Waals surface area (Å²) < 4.78 is 0. The minimum Gasteiger partial charge on any atom is -0.368 e. The van der Waals surface area contributed by atoms with Crippen molar-refractivity contribution < 1.29 is 0 Å². The molecule has 26 heavy (non-hydrogen) atoms. The maximum atomic E-state index is 5.98. The zero-order chi connectivity index (χ0) is 18.1. The predicted octanol–water partition coefficient (Wildman–Crippen LogP) is 1.56. The van der Waals surface area contributed by atoms with Gasteiger partial charge in [0.1, 0.15) is 5.82 Å². The second kappa shape index (κ2) is 6.77. The first-order chi connectivity index (χ1) is 12.5. The lowest BCUT2D eigenvalue weighted by molar-refractivity contribution is 0.296. The SMILES string of the molecule is CC(C)(Nc1nc(N)nc(C2CCC3CNNC3C2)n1)c1ccccn1. The van der Waals surface area contributed by atoms with Crippen LogP contribution in [0.15, 0.2) is 24.4 Å². The molecule has 1 saturated heterocycles. The second-order valence-corrected chi connectivity index (χ2v) is 7.74. The number of anilines is 2. The highest BCUT2D eigenvalue weighted by Gasteiger charge is 2.35. The van der Waals surface area contributed by atoms with Gasteiger partial charge in [0.2, 0.25) is 11.9 Å². The Kier molecular flexibility index (Phi) is 4.46. The van der Waals surface area contributed by atoms with Crippen LogP contribution in [0.25, 0.3) is 0 Å². The third kappa shape index (κ3) is 3.47. The van der Waals surface area contributed by atoms with Gasteiger partial charge in [0.15, 0.2) is 0 Å². The summed E-state index contributed by atoms with van der Waals surface area (Å²) in [5.41, 5.74) is 13.1. The number of hydrogen-bond acceptors (Lipinski definition) is 8. The molecule has 3 heterocycles. The highest BCUT2D eigenvalue weighted by molar-refractivity contribution is 5.37. The molecule has 4 rings (SSSR count). The van der Waals surface area contributed by atoms with Crippen molar-refractivity contribution in [2.24, 2.45) is 5.92 Å². The quantitative estimate of drug-likeness (QED) is 0.654. The van der Waals surface area contributed by atoms with Crippen molar-refractivity contribution in [3.8, 4) is 0 Å². The molecule has 3 atom stereocenters. The smallest absolute Gasteiger partial charge is 0.228 e. The van der Waals surface area contributed by atoms with Gasteiger partial charge in [-0.15, -0.1) is 0 Å². The molecule has 2 aromatic heterocycles. The van der Waals surface area contributed by atoms with Gasteiger partial charge in [-0.2, -0.15) is 15.0 Å². The van der Waals surface area contributed by atoms with Gasteiger partial charge in [0.05, 0.1) is 11.2 Å². The first kappa shape index (κ1) is 17.1. The van der Waals surface area contributed by atoms with E-state index in [0.29, 0.717) is 23.8 Å². The number of nitrogen functional groups attached to an aromatic ring is 1. The van der Waals surface area contributed by atoms with E-state index in [2.05, 4.69) is 31.1 Å². The lowest BCUT2D eigenvalue weighted by Crippen LogP contribution is -2.36. The first-order valence-corrected chi connectivity index (χ1v) is 9.21. The second-order valence-electron chi connectivity index (χ2n) is 7.74. The Balaban J connectivity index is 1.55. The average molecular weight is 354 g/mol. The Labute approximate surface area is 153 Å². The fraction of sp³-hybridized carbons (Fsp3) is 0.556. The fourth-order valence-electron chi connectivity index (χ4n) is 3.93. The maximum Gasteiger partial charge on any atom is 0.228 e. The molecule has 5 N–H and O–H groups in total. The predicted molar refractivity (Wildman–Crippen MR) is 100 cm³/mol. The summed E-state index contributed by atoms with van der Waals surface area (Å²) in [5, 5.41) is 3.37. The van der Waals surface area contributed by atoms with Crippen LogP contribution in [0.2, 0.25) is 0 Å². The van der Waals surface area contributed by atoms with E-state index in [1.807, 2.05) is 32.0 Å². The minimum absolute atomic E-state index is 0.258. The number of nitrogens with two attached hydrogens (primary N) is 1. The van der Waals surface area contributed by atoms with E-state index in [9.17, 15) is 0 Å². The third-order valence-corrected chi connectivity index (χ3v) is 5.41. The molecule has 0 amide bonds. The number of nitrogens with zero attached hydrogens (tertiary/aromatic N) is 4. The summed E-state index contributed by atoms with van der Waals surface area (Å²) in [6.45, 7) is 5.14. The van der Waals surface area contributed by atoms with Crippen molar-refractivity contribution in [1.82, 2.24) is 30.8 Å². The fourth-order valence-corrected chi connectivity index (χ4v) is 3.93. The maximum absolute atomic E-state index is 5.98. The van der Waals surface area contributed by atoms with Gasteiger partial charge in [-0.25, -0.2) is 0 Å². The Morgan fingerprint density at radius 3 is 2.88 bits per heavy atom. The van der Waals surface area contributed by atoms with E-state index in [1.54, 1.807) is 6.20 Å². The van der Waals surface area contributed by atoms with Crippen molar-refractivity contribution in [1.29, 1.82) is 0 Å². The molecule has 8 nitrogen and oxygen atoms in total. The molecule has 138 valence electrons. The lowest BCUT2D eigenvalue weighted by atomic mass is 9.79. The standard InChI is InChI=1S/C18H26N8/c1-18(2,14-5-3-4-8-20-14)25-17-23-15(22-16(19)24-17)11-6-7-12-10-21-26-13(12)9-11/h3-5,8,11-13,21,26H,6-7,9-10H2,1-2H3,(H3,19,22,23,24,25). The Morgan fingerprint density at radius 2 is 2.08 bits per heavy atom. The van der Waals surface area contributed by atoms with Gasteiger partial charge in [-0.05, 0) is 51.2 Å². The molecule has 0 bridgehead atoms. The van der Waals surface area contributed by atoms with Gasteiger partial charge < -0.3 is 11.1 Å². The summed E-state index contributed by atoms with van der Waals surface area (Å²) >= 11 is 0. The van der Waals surface area contributed by atoms with Gasteiger partial charge in [0.25, 0.3) is 0 Å². The third-order valence-electron chi connectivity index (χ3n) is 5.41. The molecule has 0 spiro atoms. The van der Waals surface area contributed by atoms with Crippen LogP contribution < -0.4 is 21.9 Å². The van der Waals surface area contributed by atoms with E-state index < -0.39 is 5.54 Å². The van der Waals surface area contributed by atoms with E-state index >= 15 is 0 Å². The monoisotopic (exact) mass is 354 g/mol. The van der Waals surface area contributed by atoms with Crippen LogP contribution in [0.4, 0.5) is 11.9 Å². The summed E-state index contributed by atoms with van der Waals surface area (Å²) in [4.78, 5) is 17.9. The lowest BCUT2D eigenvalue weighted by Gasteiger charge is -2.30. The Morgan fingerprint density at radius 1 is 1.19 bits per heavy atom. The first-order valence-electron chi connectivity index (χ1n) is 9.21. The highest BCUT2D eigenvalue weighted by Crippen LogP contribution is 2.36. The van der Waals surface area contributed by atoms with Crippen LogP contribution in [0.3, 0.4) is 0 Å². The summed E-state index contributed by atoms with van der Waals surface area (Å²) in [7, 11) is 0. The van der Waals surface area contributed by atoms with E-state index in [-0.39, 0.29) is 5.95 Å². The molecule has 3 unspecified atom stereocenters. The van der Waals surface area contributed by atoms with Crippen LogP contribution in [0, 0.1) is 5.92 Å². The van der Waals surface area contributed by atoms with Crippen LogP contribution >= 0.6 is 0 Å². The average Bonchev–Trinajstić information content (AvgIpc) is 3.09. The van der Waals surface area contributed by atoms with Crippen LogP contribution in [-0.4, -0.2) is 32.5 Å². The van der Waals surface area contributed by atoms with Crippen molar-refractivity contribution in [3.05, 3.63) is 35.9 Å². The molecular formula is C18H26N8. The molecule has 8 heteroatoms. The van der Waals surface area contributed by atoms with E-state index in [4.69, 9.17) is 10.7 Å². The molecular weight excluding hydrogens is 328 g/mol. The number of pyridine rings is 1. The zero-order valence-corrected chi connectivity index (χ0v) is 15.2. The summed E-state index contributed by atoms with van der Waals surface area (Å²) in [6.07, 6.45) is 5.05. The molecule has 2 fully saturated rings. The Hall–Kier alpha value is -2.32. The van der Waals surface area contributed by atoms with Gasteiger partial charge in [-0.1, -0.05) is 6.07 Å². The number of hydrazine groups is 1. The largest absolute Gasteiger partial charge is 0.368 e. The number of hydrogen-bond donors (Lipinski definition) is 4. The molecule has 1 aliphatic carbocycles. The minimum atomic E-state index is -0.416. The van der Waals surface area contributed by atoms with Crippen molar-refractivity contribution >= 4 is 11.9 Å².